The van der Waals surface area contributed by atoms with Gasteiger partial charge in [-0.2, -0.15) is 13.2 Å². The number of hydrogen-bond acceptors (Lipinski definition) is 1. The lowest BCUT2D eigenvalue weighted by Gasteiger charge is -2.11. The van der Waals surface area contributed by atoms with Crippen LogP contribution in [0.15, 0.2) is 45.3 Å². The summed E-state index contributed by atoms with van der Waals surface area (Å²) in [6.45, 7) is 1.85. The van der Waals surface area contributed by atoms with Crippen molar-refractivity contribution in [3.05, 3.63) is 67.6 Å². The van der Waals surface area contributed by atoms with E-state index < -0.39 is 11.7 Å². The zero-order chi connectivity index (χ0) is 16.5. The minimum absolute atomic E-state index is 0.0968. The molecular formula is C16H11Br2F3O. The number of halogens is 5. The Hall–Kier alpha value is -1.14. The molecule has 2 aromatic carbocycles. The zero-order valence-electron chi connectivity index (χ0n) is 11.5. The van der Waals surface area contributed by atoms with Gasteiger partial charge in [0.1, 0.15) is 0 Å². The van der Waals surface area contributed by atoms with Crippen LogP contribution in [0.5, 0.6) is 0 Å². The molecule has 1 nitrogen and oxygen atoms in total. The van der Waals surface area contributed by atoms with E-state index in [1.807, 2.05) is 13.0 Å². The predicted molar refractivity (Wildman–Crippen MR) is 86.1 cm³/mol. The second-order valence-corrected chi connectivity index (χ2v) is 6.69. The molecular weight excluding hydrogens is 425 g/mol. The van der Waals surface area contributed by atoms with Gasteiger partial charge in [-0.1, -0.05) is 31.9 Å². The molecule has 0 atom stereocenters. The third-order valence-corrected chi connectivity index (χ3v) is 4.32. The fourth-order valence-corrected chi connectivity index (χ4v) is 3.05. The lowest BCUT2D eigenvalue weighted by molar-refractivity contribution is -0.137. The van der Waals surface area contributed by atoms with Crippen molar-refractivity contribution in [1.82, 2.24) is 0 Å². The SMILES string of the molecule is Cc1cc(Br)cc(C(=O)Cc2cc(C(F)(F)F)ccc2Br)c1. The first-order chi connectivity index (χ1) is 10.2. The van der Waals surface area contributed by atoms with Gasteiger partial charge < -0.3 is 0 Å². The van der Waals surface area contributed by atoms with Crippen molar-refractivity contribution >= 4 is 37.6 Å². The molecule has 0 amide bonds. The number of aryl methyl sites for hydroxylation is 1. The molecule has 0 saturated heterocycles. The first kappa shape index (κ1) is 17.2. The fourth-order valence-electron chi connectivity index (χ4n) is 2.06. The van der Waals surface area contributed by atoms with Gasteiger partial charge in [0.15, 0.2) is 5.78 Å². The zero-order valence-corrected chi connectivity index (χ0v) is 14.6. The predicted octanol–water partition coefficient (Wildman–Crippen LogP) is 5.96. The Morgan fingerprint density at radius 1 is 1.09 bits per heavy atom. The minimum Gasteiger partial charge on any atom is -0.294 e. The van der Waals surface area contributed by atoms with E-state index in [1.54, 1.807) is 12.1 Å². The Morgan fingerprint density at radius 2 is 1.77 bits per heavy atom. The van der Waals surface area contributed by atoms with Crippen LogP contribution in [0.25, 0.3) is 0 Å². The molecule has 0 aliphatic carbocycles. The highest BCUT2D eigenvalue weighted by atomic mass is 79.9. The highest BCUT2D eigenvalue weighted by Gasteiger charge is 2.31. The Labute approximate surface area is 142 Å². The van der Waals surface area contributed by atoms with Gasteiger partial charge >= 0.3 is 6.18 Å². The first-order valence-corrected chi connectivity index (χ1v) is 7.91. The van der Waals surface area contributed by atoms with Crippen molar-refractivity contribution in [3.8, 4) is 0 Å². The molecule has 0 spiro atoms. The number of carbonyl (C=O) groups is 1. The van der Waals surface area contributed by atoms with Crippen LogP contribution >= 0.6 is 31.9 Å². The first-order valence-electron chi connectivity index (χ1n) is 6.33. The minimum atomic E-state index is -4.43. The molecule has 2 rings (SSSR count). The van der Waals surface area contributed by atoms with E-state index in [-0.39, 0.29) is 12.2 Å². The van der Waals surface area contributed by atoms with Gasteiger partial charge in [0.2, 0.25) is 0 Å². The number of alkyl halides is 3. The third kappa shape index (κ3) is 4.20. The van der Waals surface area contributed by atoms with Crippen molar-refractivity contribution in [2.75, 3.05) is 0 Å². The highest BCUT2D eigenvalue weighted by molar-refractivity contribution is 9.10. The summed E-state index contributed by atoms with van der Waals surface area (Å²) < 4.78 is 39.5. The van der Waals surface area contributed by atoms with Gasteiger partial charge in [-0.15, -0.1) is 0 Å². The van der Waals surface area contributed by atoms with Gasteiger partial charge in [0.05, 0.1) is 5.56 Å². The number of ketones is 1. The van der Waals surface area contributed by atoms with Crippen molar-refractivity contribution in [1.29, 1.82) is 0 Å². The van der Waals surface area contributed by atoms with Crippen LogP contribution in [0.1, 0.15) is 27.0 Å². The van der Waals surface area contributed by atoms with Crippen LogP contribution in [0.2, 0.25) is 0 Å². The monoisotopic (exact) mass is 434 g/mol. The molecule has 0 aliphatic rings. The van der Waals surface area contributed by atoms with E-state index in [1.165, 1.54) is 6.07 Å². The fraction of sp³-hybridized carbons (Fsp3) is 0.188. The summed E-state index contributed by atoms with van der Waals surface area (Å²) in [5, 5.41) is 0. The summed E-state index contributed by atoms with van der Waals surface area (Å²) in [6.07, 6.45) is -4.52. The van der Waals surface area contributed by atoms with Crippen LogP contribution in [0.4, 0.5) is 13.2 Å². The van der Waals surface area contributed by atoms with Gasteiger partial charge in [0.25, 0.3) is 0 Å². The largest absolute Gasteiger partial charge is 0.416 e. The van der Waals surface area contributed by atoms with Crippen molar-refractivity contribution in [2.45, 2.75) is 19.5 Å². The van der Waals surface area contributed by atoms with E-state index in [2.05, 4.69) is 31.9 Å². The maximum absolute atomic E-state index is 12.8. The van der Waals surface area contributed by atoms with Crippen LogP contribution in [-0.2, 0) is 12.6 Å². The van der Waals surface area contributed by atoms with Gasteiger partial charge in [-0.25, -0.2) is 0 Å². The molecule has 22 heavy (non-hydrogen) atoms. The average Bonchev–Trinajstić information content (AvgIpc) is 2.38. The molecule has 0 saturated carbocycles. The lowest BCUT2D eigenvalue weighted by Crippen LogP contribution is -2.09. The summed E-state index contributed by atoms with van der Waals surface area (Å²) in [5.41, 5.74) is 0.929. The molecule has 116 valence electrons. The summed E-state index contributed by atoms with van der Waals surface area (Å²) in [6, 6.07) is 8.55. The summed E-state index contributed by atoms with van der Waals surface area (Å²) in [4.78, 5) is 12.3. The van der Waals surface area contributed by atoms with Crippen LogP contribution in [-0.4, -0.2) is 5.78 Å². The molecule has 0 unspecified atom stereocenters. The Kier molecular flexibility index (Phi) is 5.12. The van der Waals surface area contributed by atoms with Gasteiger partial charge in [-0.3, -0.25) is 4.79 Å². The van der Waals surface area contributed by atoms with Crippen molar-refractivity contribution in [2.24, 2.45) is 0 Å². The average molecular weight is 436 g/mol. The Balaban J connectivity index is 2.32. The van der Waals surface area contributed by atoms with Crippen molar-refractivity contribution < 1.29 is 18.0 Å². The number of rotatable bonds is 3. The van der Waals surface area contributed by atoms with E-state index in [9.17, 15) is 18.0 Å². The molecule has 0 bridgehead atoms. The smallest absolute Gasteiger partial charge is 0.294 e. The number of hydrogen-bond donors (Lipinski definition) is 0. The van der Waals surface area contributed by atoms with E-state index >= 15 is 0 Å². The maximum atomic E-state index is 12.8. The van der Waals surface area contributed by atoms with Crippen LogP contribution in [0.3, 0.4) is 0 Å². The Bertz CT molecular complexity index is 704. The normalized spacial score (nSPS) is 11.5. The summed E-state index contributed by atoms with van der Waals surface area (Å²) in [5.74, 6) is -0.232. The standard InChI is InChI=1S/C16H11Br2F3O/c1-9-4-11(7-13(17)5-9)15(22)8-10-6-12(16(19,20)21)2-3-14(10)18/h2-7H,8H2,1H3. The maximum Gasteiger partial charge on any atom is 0.416 e. The molecule has 0 N–H and O–H groups in total. The molecule has 2 aromatic rings. The molecule has 6 heteroatoms. The van der Waals surface area contributed by atoms with Crippen molar-refractivity contribution in [3.63, 3.8) is 0 Å². The van der Waals surface area contributed by atoms with Crippen LogP contribution in [0, 0.1) is 6.92 Å². The second-order valence-electron chi connectivity index (χ2n) is 4.92. The van der Waals surface area contributed by atoms with Crippen LogP contribution < -0.4 is 0 Å². The van der Waals surface area contributed by atoms with E-state index in [0.717, 1.165) is 22.2 Å². The molecule has 0 aromatic heterocycles. The molecule has 0 heterocycles. The second kappa shape index (κ2) is 6.54. The Morgan fingerprint density at radius 3 is 2.36 bits per heavy atom. The van der Waals surface area contributed by atoms with Gasteiger partial charge in [-0.05, 0) is 54.4 Å². The summed E-state index contributed by atoms with van der Waals surface area (Å²) in [7, 11) is 0. The lowest BCUT2D eigenvalue weighted by atomic mass is 10.00. The topological polar surface area (TPSA) is 17.1 Å². The van der Waals surface area contributed by atoms with Gasteiger partial charge in [0, 0.05) is 20.9 Å². The quantitative estimate of drug-likeness (QED) is 0.543. The molecule has 0 aliphatic heterocycles. The number of carbonyl (C=O) groups excluding carboxylic acids is 1. The summed E-state index contributed by atoms with van der Waals surface area (Å²) >= 11 is 6.51. The molecule has 0 fully saturated rings. The highest BCUT2D eigenvalue weighted by Crippen LogP contribution is 2.32. The third-order valence-electron chi connectivity index (χ3n) is 3.09. The number of benzene rings is 2. The number of Topliss-reactive ketones (excluding diaryl/α,β-unsaturated/α-hetero) is 1. The van der Waals surface area contributed by atoms with E-state index in [4.69, 9.17) is 0 Å². The van der Waals surface area contributed by atoms with E-state index in [0.29, 0.717) is 15.6 Å². The molecule has 0 radical (unpaired) electrons.